The summed E-state index contributed by atoms with van der Waals surface area (Å²) in [5.41, 5.74) is 7.67. The second-order valence-corrected chi connectivity index (χ2v) is 12.0. The van der Waals surface area contributed by atoms with Crippen molar-refractivity contribution in [2.24, 2.45) is 5.73 Å². The summed E-state index contributed by atoms with van der Waals surface area (Å²) in [5.74, 6) is -1.98. The van der Waals surface area contributed by atoms with E-state index in [0.29, 0.717) is 11.1 Å². The molecular formula is C37H42N2O10. The van der Waals surface area contributed by atoms with Gasteiger partial charge in [0.15, 0.2) is 23.0 Å². The zero-order valence-electron chi connectivity index (χ0n) is 27.5. The number of nitrogens with two attached hydrogens (primary N) is 1. The van der Waals surface area contributed by atoms with E-state index >= 15 is 0 Å². The van der Waals surface area contributed by atoms with Gasteiger partial charge in [-0.1, -0.05) is 84.9 Å². The van der Waals surface area contributed by atoms with Crippen molar-refractivity contribution in [3.63, 3.8) is 0 Å². The second-order valence-electron chi connectivity index (χ2n) is 12.0. The molecule has 0 fully saturated rings. The lowest BCUT2D eigenvalue weighted by atomic mass is 10.0. The van der Waals surface area contributed by atoms with Crippen LogP contribution in [0.4, 0.5) is 4.79 Å². The minimum atomic E-state index is -1.24. The Balaban J connectivity index is 0.000000276. The van der Waals surface area contributed by atoms with Crippen LogP contribution in [0.15, 0.2) is 97.1 Å². The Morgan fingerprint density at radius 1 is 0.673 bits per heavy atom. The zero-order valence-corrected chi connectivity index (χ0v) is 27.5. The lowest BCUT2D eigenvalue weighted by Gasteiger charge is -2.22. The maximum absolute atomic E-state index is 11.9. The molecule has 4 aromatic rings. The van der Waals surface area contributed by atoms with Gasteiger partial charge in [0, 0.05) is 24.0 Å². The van der Waals surface area contributed by atoms with Crippen LogP contribution in [0.5, 0.6) is 23.0 Å². The number of phenols is 2. The summed E-state index contributed by atoms with van der Waals surface area (Å²) in [5, 5.41) is 40.8. The topological polar surface area (TPSA) is 198 Å². The monoisotopic (exact) mass is 674 g/mol. The van der Waals surface area contributed by atoms with Gasteiger partial charge in [0.25, 0.3) is 0 Å². The fourth-order valence-electron chi connectivity index (χ4n) is 4.45. The first-order valence-electron chi connectivity index (χ1n) is 15.4. The number of carbonyl (C=O) groups is 3. The summed E-state index contributed by atoms with van der Waals surface area (Å²) in [6.07, 6.45) is -0.812. The van der Waals surface area contributed by atoms with E-state index in [1.54, 1.807) is 45.0 Å². The fourth-order valence-corrected chi connectivity index (χ4v) is 4.45. The first-order chi connectivity index (χ1) is 23.2. The third-order valence-electron chi connectivity index (χ3n) is 6.77. The number of carboxylic acid groups (broad SMARTS) is 2. The minimum Gasteiger partial charge on any atom is -0.504 e. The quantitative estimate of drug-likeness (QED) is 0.106. The second kappa shape index (κ2) is 18.0. The van der Waals surface area contributed by atoms with E-state index in [1.165, 1.54) is 12.1 Å². The Morgan fingerprint density at radius 3 is 1.53 bits per heavy atom. The van der Waals surface area contributed by atoms with E-state index in [2.05, 4.69) is 5.32 Å². The van der Waals surface area contributed by atoms with E-state index < -0.39 is 35.7 Å². The predicted octanol–water partition coefficient (Wildman–Crippen LogP) is 5.42. The van der Waals surface area contributed by atoms with E-state index in [4.69, 9.17) is 25.1 Å². The van der Waals surface area contributed by atoms with Gasteiger partial charge in [0.05, 0.1) is 0 Å². The molecule has 7 N–H and O–H groups in total. The van der Waals surface area contributed by atoms with E-state index in [-0.39, 0.29) is 49.1 Å². The summed E-state index contributed by atoms with van der Waals surface area (Å²) in [6.45, 7) is 5.56. The largest absolute Gasteiger partial charge is 0.504 e. The molecule has 12 nitrogen and oxygen atoms in total. The van der Waals surface area contributed by atoms with Crippen LogP contribution in [0, 0.1) is 0 Å². The lowest BCUT2D eigenvalue weighted by Crippen LogP contribution is -2.44. The van der Waals surface area contributed by atoms with Gasteiger partial charge in [-0.3, -0.25) is 4.79 Å². The number of phenolic OH excluding ortho intramolecular Hbond substituents is 2. The molecule has 4 aromatic carbocycles. The Kier molecular flexibility index (Phi) is 13.8. The predicted molar refractivity (Wildman–Crippen MR) is 182 cm³/mol. The van der Waals surface area contributed by atoms with Gasteiger partial charge in [0.2, 0.25) is 0 Å². The smallest absolute Gasteiger partial charge is 0.408 e. The number of rotatable bonds is 13. The van der Waals surface area contributed by atoms with Crippen LogP contribution in [0.2, 0.25) is 0 Å². The molecule has 0 aliphatic heterocycles. The number of aromatic hydroxyl groups is 2. The number of aliphatic carboxylic acids is 2. The van der Waals surface area contributed by atoms with Gasteiger partial charge >= 0.3 is 18.0 Å². The van der Waals surface area contributed by atoms with Crippen LogP contribution >= 0.6 is 0 Å². The Bertz CT molecular complexity index is 1670. The molecule has 4 rings (SSSR count). The van der Waals surface area contributed by atoms with E-state index in [0.717, 1.165) is 11.1 Å². The average molecular weight is 675 g/mol. The van der Waals surface area contributed by atoms with Gasteiger partial charge in [-0.2, -0.15) is 0 Å². The molecule has 0 saturated heterocycles. The number of nitrogens with one attached hydrogen (secondary N) is 1. The number of hydrogen-bond acceptors (Lipinski definition) is 9. The summed E-state index contributed by atoms with van der Waals surface area (Å²) >= 11 is 0. The van der Waals surface area contributed by atoms with E-state index in [9.17, 15) is 29.7 Å². The highest BCUT2D eigenvalue weighted by molar-refractivity contribution is 5.80. The summed E-state index contributed by atoms with van der Waals surface area (Å²) in [6, 6.07) is 26.1. The molecule has 0 saturated carbocycles. The number of carboxylic acids is 2. The molecule has 2 atom stereocenters. The fraction of sp³-hybridized carbons (Fsp3) is 0.270. The van der Waals surface area contributed by atoms with Crippen molar-refractivity contribution in [3.8, 4) is 23.0 Å². The summed E-state index contributed by atoms with van der Waals surface area (Å²) in [4.78, 5) is 34.4. The lowest BCUT2D eigenvalue weighted by molar-refractivity contribution is -0.140. The molecule has 0 aliphatic carbocycles. The number of para-hydroxylation sites is 2. The molecule has 0 bridgehead atoms. The van der Waals surface area contributed by atoms with Crippen LogP contribution in [-0.4, -0.2) is 56.1 Å². The maximum atomic E-state index is 11.9. The molecule has 12 heteroatoms. The van der Waals surface area contributed by atoms with Gasteiger partial charge in [-0.25, -0.2) is 9.59 Å². The summed E-state index contributed by atoms with van der Waals surface area (Å²) < 4.78 is 16.5. The number of amides is 1. The van der Waals surface area contributed by atoms with Crippen molar-refractivity contribution in [1.82, 2.24) is 5.32 Å². The molecule has 0 heterocycles. The first kappa shape index (κ1) is 37.7. The first-order valence-corrected chi connectivity index (χ1v) is 15.4. The standard InChI is InChI=1S/C21H25NO6.C16H17NO4/c1-21(2,3)28-20(26)22-16(19(24)25)12-15-10-7-11-17(23)18(15)27-13-14-8-5-4-6-9-14;17-13(16(19)20)9-12-7-4-8-14(18)15(12)21-10-11-5-2-1-3-6-11/h4-11,16,23H,12-13H2,1-3H3,(H,22,26)(H,24,25);1-8,13,18H,9-10,17H2,(H,19,20)/t;13-/m.0/s1. The van der Waals surface area contributed by atoms with E-state index in [1.807, 2.05) is 60.7 Å². The molecule has 0 aromatic heterocycles. The van der Waals surface area contributed by atoms with Crippen LogP contribution in [0.25, 0.3) is 0 Å². The Morgan fingerprint density at radius 2 is 1.12 bits per heavy atom. The van der Waals surface area contributed by atoms with Crippen molar-refractivity contribution in [2.75, 3.05) is 0 Å². The molecular weight excluding hydrogens is 632 g/mol. The van der Waals surface area contributed by atoms with Gasteiger partial charge in [0.1, 0.15) is 30.9 Å². The van der Waals surface area contributed by atoms with Crippen molar-refractivity contribution in [3.05, 3.63) is 119 Å². The number of benzene rings is 4. The van der Waals surface area contributed by atoms with Crippen molar-refractivity contribution >= 4 is 18.0 Å². The highest BCUT2D eigenvalue weighted by atomic mass is 16.6. The normalized spacial score (nSPS) is 12.0. The van der Waals surface area contributed by atoms with Crippen molar-refractivity contribution < 1.29 is 49.0 Å². The molecule has 1 amide bonds. The number of hydrogen-bond donors (Lipinski definition) is 6. The molecule has 0 spiro atoms. The van der Waals surface area contributed by atoms with Crippen molar-refractivity contribution in [2.45, 2.75) is 64.5 Å². The SMILES string of the molecule is CC(C)(C)OC(=O)NC(Cc1cccc(O)c1OCc1ccccc1)C(=O)O.N[C@@H](Cc1cccc(O)c1OCc1ccccc1)C(=O)O. The van der Waals surface area contributed by atoms with Gasteiger partial charge in [-0.15, -0.1) is 0 Å². The Labute approximate surface area is 284 Å². The van der Waals surface area contributed by atoms with Crippen LogP contribution < -0.4 is 20.5 Å². The van der Waals surface area contributed by atoms with Gasteiger partial charge in [-0.05, 0) is 44.0 Å². The van der Waals surface area contributed by atoms with Crippen molar-refractivity contribution in [1.29, 1.82) is 0 Å². The molecule has 0 aliphatic rings. The average Bonchev–Trinajstić information content (AvgIpc) is 3.04. The number of carbonyl (C=O) groups excluding carboxylic acids is 1. The highest BCUT2D eigenvalue weighted by Gasteiger charge is 2.26. The number of alkyl carbamates (subject to hydrolysis) is 1. The maximum Gasteiger partial charge on any atom is 0.408 e. The van der Waals surface area contributed by atoms with Crippen LogP contribution in [0.3, 0.4) is 0 Å². The third-order valence-corrected chi connectivity index (χ3v) is 6.77. The minimum absolute atomic E-state index is 0.0268. The Hall–Kier alpha value is -5.75. The summed E-state index contributed by atoms with van der Waals surface area (Å²) in [7, 11) is 0. The third kappa shape index (κ3) is 12.8. The highest BCUT2D eigenvalue weighted by Crippen LogP contribution is 2.33. The van der Waals surface area contributed by atoms with Crippen LogP contribution in [-0.2, 0) is 40.4 Å². The van der Waals surface area contributed by atoms with Gasteiger partial charge < -0.3 is 45.7 Å². The molecule has 260 valence electrons. The molecule has 1 unspecified atom stereocenters. The molecule has 49 heavy (non-hydrogen) atoms. The zero-order chi connectivity index (χ0) is 36.0. The van der Waals surface area contributed by atoms with Crippen LogP contribution in [0.1, 0.15) is 43.0 Å². The molecule has 0 radical (unpaired) electrons. The number of ether oxygens (including phenoxy) is 3.